The highest BCUT2D eigenvalue weighted by molar-refractivity contribution is 5.95. The summed E-state index contributed by atoms with van der Waals surface area (Å²) in [4.78, 5) is 16.2. The van der Waals surface area contributed by atoms with E-state index in [4.69, 9.17) is 5.73 Å². The van der Waals surface area contributed by atoms with E-state index < -0.39 is 0 Å². The number of carbonyl (C=O) groups excluding carboxylic acids is 1. The van der Waals surface area contributed by atoms with Crippen molar-refractivity contribution in [3.05, 3.63) is 53.1 Å². The van der Waals surface area contributed by atoms with Gasteiger partial charge >= 0.3 is 0 Å². The Labute approximate surface area is 113 Å². The molecule has 2 rings (SSSR count). The molecule has 0 saturated carbocycles. The molecule has 0 aliphatic heterocycles. The first-order valence-electron chi connectivity index (χ1n) is 6.41. The van der Waals surface area contributed by atoms with Crippen molar-refractivity contribution in [1.29, 1.82) is 0 Å². The average Bonchev–Trinajstić information content (AvgIpc) is 2.83. The van der Waals surface area contributed by atoms with E-state index in [0.717, 1.165) is 5.56 Å². The standard InChI is InChI=1S/C15H19N3O/c1-11-3-4-13(7-12(11)2)8-15(19)14-9-18(6-5-16)10-17-14/h3-4,7,9-10H,5-6,8,16H2,1-2H3. The molecule has 4 heteroatoms. The average molecular weight is 257 g/mol. The maximum Gasteiger partial charge on any atom is 0.187 e. The monoisotopic (exact) mass is 257 g/mol. The zero-order valence-corrected chi connectivity index (χ0v) is 11.4. The Kier molecular flexibility index (Phi) is 4.12. The maximum absolute atomic E-state index is 12.1. The van der Waals surface area contributed by atoms with E-state index in [1.807, 2.05) is 16.7 Å². The Hall–Kier alpha value is -1.94. The predicted molar refractivity (Wildman–Crippen MR) is 75.2 cm³/mol. The number of benzene rings is 1. The van der Waals surface area contributed by atoms with Crippen LogP contribution in [0.2, 0.25) is 0 Å². The summed E-state index contributed by atoms with van der Waals surface area (Å²) in [7, 11) is 0. The van der Waals surface area contributed by atoms with Crippen LogP contribution < -0.4 is 5.73 Å². The summed E-state index contributed by atoms with van der Waals surface area (Å²) in [6.07, 6.45) is 3.80. The topological polar surface area (TPSA) is 60.9 Å². The number of imidazole rings is 1. The van der Waals surface area contributed by atoms with Gasteiger partial charge in [-0.3, -0.25) is 4.79 Å². The highest BCUT2D eigenvalue weighted by Crippen LogP contribution is 2.12. The highest BCUT2D eigenvalue weighted by Gasteiger charge is 2.10. The van der Waals surface area contributed by atoms with Gasteiger partial charge in [-0.25, -0.2) is 4.98 Å². The Morgan fingerprint density at radius 2 is 2.11 bits per heavy atom. The zero-order chi connectivity index (χ0) is 13.8. The van der Waals surface area contributed by atoms with Crippen LogP contribution in [0.15, 0.2) is 30.7 Å². The van der Waals surface area contributed by atoms with Crippen molar-refractivity contribution in [1.82, 2.24) is 9.55 Å². The minimum Gasteiger partial charge on any atom is -0.335 e. The molecule has 2 aromatic rings. The number of aryl methyl sites for hydroxylation is 2. The summed E-state index contributed by atoms with van der Waals surface area (Å²) in [5.41, 5.74) is 9.45. The third-order valence-electron chi connectivity index (χ3n) is 3.24. The Morgan fingerprint density at radius 1 is 1.32 bits per heavy atom. The molecule has 1 aromatic heterocycles. The third-order valence-corrected chi connectivity index (χ3v) is 3.24. The summed E-state index contributed by atoms with van der Waals surface area (Å²) in [5.74, 6) is 0.0408. The van der Waals surface area contributed by atoms with Crippen LogP contribution in [0.1, 0.15) is 27.2 Å². The number of nitrogens with zero attached hydrogens (tertiary/aromatic N) is 2. The van der Waals surface area contributed by atoms with Crippen molar-refractivity contribution in [3.63, 3.8) is 0 Å². The summed E-state index contributed by atoms with van der Waals surface area (Å²) < 4.78 is 1.84. The van der Waals surface area contributed by atoms with Crippen LogP contribution in [0, 0.1) is 13.8 Å². The van der Waals surface area contributed by atoms with Crippen molar-refractivity contribution in [2.45, 2.75) is 26.8 Å². The van der Waals surface area contributed by atoms with E-state index in [-0.39, 0.29) is 5.78 Å². The molecule has 0 saturated heterocycles. The fourth-order valence-electron chi connectivity index (χ4n) is 1.96. The van der Waals surface area contributed by atoms with Gasteiger partial charge in [0.1, 0.15) is 5.69 Å². The number of hydrogen-bond acceptors (Lipinski definition) is 3. The minimum absolute atomic E-state index is 0.0408. The van der Waals surface area contributed by atoms with Gasteiger partial charge in [-0.1, -0.05) is 18.2 Å². The first-order valence-corrected chi connectivity index (χ1v) is 6.41. The molecule has 19 heavy (non-hydrogen) atoms. The van der Waals surface area contributed by atoms with Crippen molar-refractivity contribution in [2.75, 3.05) is 6.54 Å². The number of rotatable bonds is 5. The van der Waals surface area contributed by atoms with Crippen molar-refractivity contribution in [2.24, 2.45) is 5.73 Å². The number of Topliss-reactive ketones (excluding diaryl/α,β-unsaturated/α-hetero) is 1. The molecule has 0 fully saturated rings. The molecule has 0 bridgehead atoms. The molecule has 0 aliphatic carbocycles. The second kappa shape index (κ2) is 5.80. The van der Waals surface area contributed by atoms with Crippen LogP contribution in [0.3, 0.4) is 0 Å². The Balaban J connectivity index is 2.09. The molecule has 0 atom stereocenters. The van der Waals surface area contributed by atoms with Crippen molar-refractivity contribution >= 4 is 5.78 Å². The van der Waals surface area contributed by atoms with E-state index in [9.17, 15) is 4.79 Å². The first-order chi connectivity index (χ1) is 9.10. The van der Waals surface area contributed by atoms with Gasteiger partial charge < -0.3 is 10.3 Å². The number of nitrogens with two attached hydrogens (primary N) is 1. The fourth-order valence-corrected chi connectivity index (χ4v) is 1.96. The van der Waals surface area contributed by atoms with Crippen molar-refractivity contribution < 1.29 is 4.79 Å². The lowest BCUT2D eigenvalue weighted by molar-refractivity contribution is 0.0988. The van der Waals surface area contributed by atoms with Gasteiger partial charge in [-0.15, -0.1) is 0 Å². The molecule has 4 nitrogen and oxygen atoms in total. The molecule has 0 radical (unpaired) electrons. The van der Waals surface area contributed by atoms with Crippen LogP contribution in [-0.4, -0.2) is 21.9 Å². The lowest BCUT2D eigenvalue weighted by Gasteiger charge is -2.03. The van der Waals surface area contributed by atoms with Crippen LogP contribution in [0.5, 0.6) is 0 Å². The van der Waals surface area contributed by atoms with Gasteiger partial charge in [0.15, 0.2) is 5.78 Å². The van der Waals surface area contributed by atoms with Crippen LogP contribution >= 0.6 is 0 Å². The Morgan fingerprint density at radius 3 is 2.79 bits per heavy atom. The molecule has 0 unspecified atom stereocenters. The Bertz CT molecular complexity index is 587. The number of ketones is 1. The molecular weight excluding hydrogens is 238 g/mol. The largest absolute Gasteiger partial charge is 0.335 e. The zero-order valence-electron chi connectivity index (χ0n) is 11.4. The second-order valence-corrected chi connectivity index (χ2v) is 4.80. The van der Waals surface area contributed by atoms with Gasteiger partial charge in [0, 0.05) is 25.7 Å². The molecule has 0 spiro atoms. The van der Waals surface area contributed by atoms with Gasteiger partial charge in [-0.2, -0.15) is 0 Å². The first kappa shape index (κ1) is 13.5. The van der Waals surface area contributed by atoms with E-state index in [2.05, 4.69) is 24.9 Å². The van der Waals surface area contributed by atoms with Crippen LogP contribution in [0.4, 0.5) is 0 Å². The van der Waals surface area contributed by atoms with E-state index >= 15 is 0 Å². The molecule has 1 aromatic carbocycles. The second-order valence-electron chi connectivity index (χ2n) is 4.80. The summed E-state index contributed by atoms with van der Waals surface area (Å²) in [5, 5.41) is 0. The molecule has 1 heterocycles. The van der Waals surface area contributed by atoms with Gasteiger partial charge in [0.05, 0.1) is 6.33 Å². The summed E-state index contributed by atoms with van der Waals surface area (Å²) >= 11 is 0. The van der Waals surface area contributed by atoms with Gasteiger partial charge in [0.2, 0.25) is 0 Å². The van der Waals surface area contributed by atoms with Crippen LogP contribution in [-0.2, 0) is 13.0 Å². The molecule has 100 valence electrons. The van der Waals surface area contributed by atoms with Gasteiger partial charge in [-0.05, 0) is 30.5 Å². The normalized spacial score (nSPS) is 10.7. The lowest BCUT2D eigenvalue weighted by atomic mass is 10.0. The fraction of sp³-hybridized carbons (Fsp3) is 0.333. The number of carbonyl (C=O) groups is 1. The minimum atomic E-state index is 0.0408. The van der Waals surface area contributed by atoms with Gasteiger partial charge in [0.25, 0.3) is 0 Å². The molecule has 0 amide bonds. The predicted octanol–water partition coefficient (Wildman–Crippen LogP) is 1.88. The molecule has 2 N–H and O–H groups in total. The molecule has 0 aliphatic rings. The quantitative estimate of drug-likeness (QED) is 0.832. The van der Waals surface area contributed by atoms with Crippen LogP contribution in [0.25, 0.3) is 0 Å². The maximum atomic E-state index is 12.1. The third kappa shape index (κ3) is 3.29. The van der Waals surface area contributed by atoms with Crippen molar-refractivity contribution in [3.8, 4) is 0 Å². The van der Waals surface area contributed by atoms with E-state index in [0.29, 0.717) is 25.2 Å². The SMILES string of the molecule is Cc1ccc(CC(=O)c2cn(CCN)cn2)cc1C. The smallest absolute Gasteiger partial charge is 0.187 e. The van der Waals surface area contributed by atoms with E-state index in [1.54, 1.807) is 12.5 Å². The lowest BCUT2D eigenvalue weighted by Crippen LogP contribution is -2.08. The summed E-state index contributed by atoms with van der Waals surface area (Å²) in [6, 6.07) is 6.10. The summed E-state index contributed by atoms with van der Waals surface area (Å²) in [6.45, 7) is 5.35. The highest BCUT2D eigenvalue weighted by atomic mass is 16.1. The molecular formula is C15H19N3O. The van der Waals surface area contributed by atoms with E-state index in [1.165, 1.54) is 11.1 Å². The number of hydrogen-bond donors (Lipinski definition) is 1. The number of aromatic nitrogens is 2.